The van der Waals surface area contributed by atoms with Crippen molar-refractivity contribution < 1.29 is 19.3 Å². The number of ether oxygens (including phenoxy) is 1. The second-order valence-electron chi connectivity index (χ2n) is 4.98. The Morgan fingerprint density at radius 3 is 2.11 bits per heavy atom. The molecule has 0 rings (SSSR count). The Morgan fingerprint density at radius 1 is 1.17 bits per heavy atom. The van der Waals surface area contributed by atoms with Gasteiger partial charge in [-0.2, -0.15) is 4.89 Å². The van der Waals surface area contributed by atoms with Crippen molar-refractivity contribution in [3.05, 3.63) is 11.3 Å². The van der Waals surface area contributed by atoms with E-state index in [1.54, 1.807) is 20.8 Å². The molecule has 1 atom stereocenters. The Kier molecular flexibility index (Phi) is 7.94. The summed E-state index contributed by atoms with van der Waals surface area (Å²) in [6.45, 7) is 11.3. The van der Waals surface area contributed by atoms with Crippen molar-refractivity contribution in [1.29, 1.82) is 0 Å². The van der Waals surface area contributed by atoms with Crippen LogP contribution in [0.25, 0.3) is 0 Å². The van der Waals surface area contributed by atoms with Gasteiger partial charge in [0.05, 0.1) is 17.8 Å². The fraction of sp³-hybridized carbons (Fsp3) is 0.769. The molecule has 0 N–H and O–H groups in total. The third kappa shape index (κ3) is 6.21. The molecular formula is C13H26O4Si. The lowest BCUT2D eigenvalue weighted by Gasteiger charge is -2.20. The maximum absolute atomic E-state index is 11.8. The van der Waals surface area contributed by atoms with E-state index in [1.165, 1.54) is 0 Å². The van der Waals surface area contributed by atoms with E-state index in [0.29, 0.717) is 11.1 Å². The van der Waals surface area contributed by atoms with Gasteiger partial charge in [-0.15, -0.1) is 0 Å². The summed E-state index contributed by atoms with van der Waals surface area (Å²) in [5.41, 5.74) is 0.824. The zero-order valence-electron chi connectivity index (χ0n) is 12.6. The standard InChI is InChI=1S/C13H26O4Si/c1-7-11(18)12(15-8(2)3)10(6)13(14)17-16-9(4)5/h8-9,11H,7H2,1-6,18H3. The summed E-state index contributed by atoms with van der Waals surface area (Å²) < 4.78 is 5.75. The fourth-order valence-corrected chi connectivity index (χ4v) is 1.89. The molecule has 4 nitrogen and oxygen atoms in total. The highest BCUT2D eigenvalue weighted by atomic mass is 28.1. The van der Waals surface area contributed by atoms with Crippen LogP contribution in [-0.4, -0.2) is 28.4 Å². The quantitative estimate of drug-likeness (QED) is 0.234. The minimum absolute atomic E-state index is 0.0526. The van der Waals surface area contributed by atoms with Gasteiger partial charge < -0.3 is 4.74 Å². The van der Waals surface area contributed by atoms with Gasteiger partial charge in [0.25, 0.3) is 0 Å². The number of carbonyl (C=O) groups is 1. The van der Waals surface area contributed by atoms with E-state index in [1.807, 2.05) is 13.8 Å². The fourth-order valence-electron chi connectivity index (χ4n) is 1.32. The maximum atomic E-state index is 11.8. The first-order valence-electron chi connectivity index (χ1n) is 6.54. The molecule has 18 heavy (non-hydrogen) atoms. The van der Waals surface area contributed by atoms with Crippen molar-refractivity contribution in [1.82, 2.24) is 0 Å². The Bertz CT molecular complexity index is 297. The molecule has 0 fully saturated rings. The van der Waals surface area contributed by atoms with Crippen LogP contribution in [0.5, 0.6) is 0 Å². The highest BCUT2D eigenvalue weighted by molar-refractivity contribution is 6.14. The lowest BCUT2D eigenvalue weighted by molar-refractivity contribution is -0.287. The lowest BCUT2D eigenvalue weighted by atomic mass is 10.1. The first kappa shape index (κ1) is 17.2. The highest BCUT2D eigenvalue weighted by Gasteiger charge is 2.20. The topological polar surface area (TPSA) is 44.8 Å². The van der Waals surface area contributed by atoms with Crippen LogP contribution in [0.3, 0.4) is 0 Å². The molecule has 0 aromatic rings. The van der Waals surface area contributed by atoms with Crippen molar-refractivity contribution >= 4 is 16.2 Å². The number of allylic oxidation sites excluding steroid dienone is 1. The molecule has 0 aliphatic heterocycles. The third-order valence-corrected chi connectivity index (χ3v) is 3.76. The largest absolute Gasteiger partial charge is 0.495 e. The lowest BCUT2D eigenvalue weighted by Crippen LogP contribution is -2.17. The molecule has 0 heterocycles. The zero-order valence-corrected chi connectivity index (χ0v) is 14.6. The van der Waals surface area contributed by atoms with Gasteiger partial charge in [0.2, 0.25) is 0 Å². The van der Waals surface area contributed by atoms with Crippen LogP contribution >= 0.6 is 0 Å². The van der Waals surface area contributed by atoms with Crippen molar-refractivity contribution in [3.8, 4) is 0 Å². The summed E-state index contributed by atoms with van der Waals surface area (Å²) in [5.74, 6) is 0.283. The average Bonchev–Trinajstić information content (AvgIpc) is 2.30. The maximum Gasteiger partial charge on any atom is 0.372 e. The summed E-state index contributed by atoms with van der Waals surface area (Å²) in [6, 6.07) is 0. The summed E-state index contributed by atoms with van der Waals surface area (Å²) in [4.78, 5) is 21.4. The van der Waals surface area contributed by atoms with Crippen LogP contribution < -0.4 is 0 Å². The highest BCUT2D eigenvalue weighted by Crippen LogP contribution is 2.25. The van der Waals surface area contributed by atoms with E-state index in [0.717, 1.165) is 22.4 Å². The van der Waals surface area contributed by atoms with E-state index in [9.17, 15) is 4.79 Å². The second-order valence-corrected chi connectivity index (χ2v) is 6.37. The molecule has 0 saturated heterocycles. The SMILES string of the molecule is CCC([SiH3])C(OC(C)C)=C(C)C(=O)OOC(C)C. The molecule has 0 aliphatic rings. The first-order valence-corrected chi connectivity index (χ1v) is 7.70. The number of hydrogen-bond acceptors (Lipinski definition) is 4. The molecule has 0 bridgehead atoms. The molecule has 0 aliphatic carbocycles. The third-order valence-electron chi connectivity index (χ3n) is 2.41. The van der Waals surface area contributed by atoms with Crippen LogP contribution in [0.1, 0.15) is 48.0 Å². The van der Waals surface area contributed by atoms with Crippen molar-refractivity contribution in [2.24, 2.45) is 0 Å². The molecule has 106 valence electrons. The Morgan fingerprint density at radius 2 is 1.72 bits per heavy atom. The van der Waals surface area contributed by atoms with Gasteiger partial charge in [-0.1, -0.05) is 6.92 Å². The predicted octanol–water partition coefficient (Wildman–Crippen LogP) is 2.13. The molecule has 1 unspecified atom stereocenters. The smallest absolute Gasteiger partial charge is 0.372 e. The van der Waals surface area contributed by atoms with Crippen molar-refractivity contribution in [3.63, 3.8) is 0 Å². The Labute approximate surface area is 113 Å². The van der Waals surface area contributed by atoms with Crippen LogP contribution in [-0.2, 0) is 19.3 Å². The van der Waals surface area contributed by atoms with E-state index >= 15 is 0 Å². The molecule has 0 spiro atoms. The van der Waals surface area contributed by atoms with Crippen molar-refractivity contribution in [2.45, 2.75) is 65.7 Å². The van der Waals surface area contributed by atoms with E-state index in [2.05, 4.69) is 6.92 Å². The zero-order chi connectivity index (χ0) is 14.3. The molecule has 0 aromatic carbocycles. The monoisotopic (exact) mass is 274 g/mol. The minimum Gasteiger partial charge on any atom is -0.495 e. The Hall–Kier alpha value is -0.813. The van der Waals surface area contributed by atoms with Gasteiger partial charge in [-0.25, -0.2) is 4.79 Å². The average molecular weight is 274 g/mol. The van der Waals surface area contributed by atoms with E-state index < -0.39 is 5.97 Å². The summed E-state index contributed by atoms with van der Waals surface area (Å²) in [5, 5.41) is 0. The van der Waals surface area contributed by atoms with Crippen LogP contribution in [0.4, 0.5) is 0 Å². The van der Waals surface area contributed by atoms with Crippen LogP contribution in [0, 0.1) is 0 Å². The number of carbonyl (C=O) groups excluding carboxylic acids is 1. The van der Waals surface area contributed by atoms with Gasteiger partial charge in [-0.05, 0) is 41.0 Å². The van der Waals surface area contributed by atoms with Gasteiger partial charge >= 0.3 is 5.97 Å². The summed E-state index contributed by atoms with van der Waals surface area (Å²) >= 11 is 0. The second kappa shape index (κ2) is 8.32. The summed E-state index contributed by atoms with van der Waals surface area (Å²) in [6.07, 6.45) is 0.871. The molecular weight excluding hydrogens is 248 g/mol. The van der Waals surface area contributed by atoms with Crippen LogP contribution in [0.2, 0.25) is 5.54 Å². The first-order chi connectivity index (χ1) is 8.29. The van der Waals surface area contributed by atoms with E-state index in [4.69, 9.17) is 14.5 Å². The molecule has 0 amide bonds. The summed E-state index contributed by atoms with van der Waals surface area (Å²) in [7, 11) is 0.941. The van der Waals surface area contributed by atoms with E-state index in [-0.39, 0.29) is 12.2 Å². The number of rotatable bonds is 7. The predicted molar refractivity (Wildman–Crippen MR) is 75.2 cm³/mol. The van der Waals surface area contributed by atoms with Gasteiger partial charge in [0.1, 0.15) is 5.76 Å². The molecule has 5 heteroatoms. The van der Waals surface area contributed by atoms with Crippen molar-refractivity contribution in [2.75, 3.05) is 0 Å². The van der Waals surface area contributed by atoms with Gasteiger partial charge in [-0.3, -0.25) is 4.89 Å². The molecule has 0 aromatic heterocycles. The molecule has 0 saturated carbocycles. The normalized spacial score (nSPS) is 14.7. The van der Waals surface area contributed by atoms with Gasteiger partial charge in [0.15, 0.2) is 0 Å². The minimum atomic E-state index is -0.464. The Balaban J connectivity index is 4.88. The molecule has 0 radical (unpaired) electrons. The van der Waals surface area contributed by atoms with Crippen LogP contribution in [0.15, 0.2) is 11.3 Å². The number of hydrogen-bond donors (Lipinski definition) is 0. The van der Waals surface area contributed by atoms with Gasteiger partial charge in [0, 0.05) is 15.8 Å².